The van der Waals surface area contributed by atoms with Crippen LogP contribution in [0.4, 0.5) is 5.69 Å². The van der Waals surface area contributed by atoms with Crippen molar-refractivity contribution >= 4 is 27.5 Å². The Labute approximate surface area is 125 Å². The van der Waals surface area contributed by atoms with E-state index in [1.807, 2.05) is 0 Å². The molecule has 0 aromatic carbocycles. The first-order valence-corrected chi connectivity index (χ1v) is 7.38. The van der Waals surface area contributed by atoms with E-state index in [4.69, 9.17) is 0 Å². The van der Waals surface area contributed by atoms with Crippen LogP contribution in [0.25, 0.3) is 0 Å². The number of amides is 1. The smallest absolute Gasteiger partial charge is 0.301 e. The topological polar surface area (TPSA) is 85.1 Å². The molecule has 1 saturated carbocycles. The molecule has 1 aromatic rings. The number of nitro groups is 1. The lowest BCUT2D eigenvalue weighted by atomic mass is 9.86. The Kier molecular flexibility index (Phi) is 4.69. The van der Waals surface area contributed by atoms with Crippen molar-refractivity contribution in [3.05, 3.63) is 32.5 Å². The molecular formula is C13H16BrN3O3. The van der Waals surface area contributed by atoms with Crippen LogP contribution in [0.5, 0.6) is 0 Å². The number of halogens is 1. The van der Waals surface area contributed by atoms with Crippen LogP contribution in [0.15, 0.2) is 16.9 Å². The van der Waals surface area contributed by atoms with Crippen molar-refractivity contribution in [3.8, 4) is 0 Å². The summed E-state index contributed by atoms with van der Waals surface area (Å²) in [6.45, 7) is 2.10. The SMILES string of the molecule is CC1CCCCC1NC(=O)c1c(Br)cncc1[N+](=O)[O-]. The molecule has 7 heteroatoms. The second-order valence-corrected chi connectivity index (χ2v) is 5.97. The lowest BCUT2D eigenvalue weighted by Gasteiger charge is -2.29. The van der Waals surface area contributed by atoms with E-state index in [0.29, 0.717) is 10.4 Å². The van der Waals surface area contributed by atoms with Gasteiger partial charge in [-0.1, -0.05) is 19.8 Å². The molecule has 0 aliphatic heterocycles. The summed E-state index contributed by atoms with van der Waals surface area (Å²) in [6.07, 6.45) is 6.74. The van der Waals surface area contributed by atoms with Crippen molar-refractivity contribution in [1.82, 2.24) is 10.3 Å². The minimum atomic E-state index is -0.586. The van der Waals surface area contributed by atoms with Crippen molar-refractivity contribution in [2.45, 2.75) is 38.6 Å². The Bertz CT molecular complexity index is 536. The van der Waals surface area contributed by atoms with Gasteiger partial charge in [0, 0.05) is 12.2 Å². The van der Waals surface area contributed by atoms with Gasteiger partial charge in [0.15, 0.2) is 0 Å². The first kappa shape index (κ1) is 14.9. The highest BCUT2D eigenvalue weighted by atomic mass is 79.9. The number of carbonyl (C=O) groups is 1. The number of aromatic nitrogens is 1. The van der Waals surface area contributed by atoms with Gasteiger partial charge in [-0.2, -0.15) is 0 Å². The van der Waals surface area contributed by atoms with Gasteiger partial charge < -0.3 is 5.32 Å². The molecule has 1 aliphatic rings. The van der Waals surface area contributed by atoms with E-state index in [2.05, 4.69) is 33.2 Å². The molecule has 1 amide bonds. The molecule has 2 atom stereocenters. The maximum atomic E-state index is 12.3. The molecule has 1 fully saturated rings. The molecule has 1 heterocycles. The zero-order chi connectivity index (χ0) is 14.7. The normalized spacial score (nSPS) is 22.3. The van der Waals surface area contributed by atoms with Crippen LogP contribution in [0.3, 0.4) is 0 Å². The molecule has 0 radical (unpaired) electrons. The van der Waals surface area contributed by atoms with E-state index >= 15 is 0 Å². The van der Waals surface area contributed by atoms with Gasteiger partial charge in [-0.05, 0) is 34.7 Å². The van der Waals surface area contributed by atoms with Crippen LogP contribution in [-0.2, 0) is 0 Å². The summed E-state index contributed by atoms with van der Waals surface area (Å²) in [5, 5.41) is 13.9. The molecular weight excluding hydrogens is 326 g/mol. The summed E-state index contributed by atoms with van der Waals surface area (Å²) >= 11 is 3.17. The monoisotopic (exact) mass is 341 g/mol. The maximum absolute atomic E-state index is 12.3. The summed E-state index contributed by atoms with van der Waals surface area (Å²) < 4.78 is 0.340. The van der Waals surface area contributed by atoms with Gasteiger partial charge >= 0.3 is 5.69 Å². The summed E-state index contributed by atoms with van der Waals surface area (Å²) in [5.41, 5.74) is -0.233. The van der Waals surface area contributed by atoms with Crippen LogP contribution in [-0.4, -0.2) is 21.9 Å². The zero-order valence-corrected chi connectivity index (χ0v) is 12.7. The largest absolute Gasteiger partial charge is 0.349 e. The lowest BCUT2D eigenvalue weighted by Crippen LogP contribution is -2.41. The number of pyridine rings is 1. The molecule has 20 heavy (non-hydrogen) atoms. The highest BCUT2D eigenvalue weighted by Gasteiger charge is 2.28. The van der Waals surface area contributed by atoms with E-state index in [9.17, 15) is 14.9 Å². The van der Waals surface area contributed by atoms with Gasteiger partial charge in [0.05, 0.1) is 9.40 Å². The Hall–Kier alpha value is -1.50. The minimum absolute atomic E-state index is 0.0442. The fourth-order valence-electron chi connectivity index (χ4n) is 2.56. The molecule has 0 saturated heterocycles. The standard InChI is InChI=1S/C13H16BrN3O3/c1-8-4-2-3-5-10(8)16-13(18)12-9(14)6-15-7-11(12)17(19)20/h6-8,10H,2-5H2,1H3,(H,16,18). The van der Waals surface area contributed by atoms with Crippen LogP contribution in [0, 0.1) is 16.0 Å². The Morgan fingerprint density at radius 3 is 2.80 bits per heavy atom. The van der Waals surface area contributed by atoms with E-state index < -0.39 is 10.8 Å². The molecule has 1 aliphatic carbocycles. The molecule has 2 unspecified atom stereocenters. The minimum Gasteiger partial charge on any atom is -0.349 e. The van der Waals surface area contributed by atoms with Crippen LogP contribution < -0.4 is 5.32 Å². The number of nitrogens with one attached hydrogen (secondary N) is 1. The number of hydrogen-bond donors (Lipinski definition) is 1. The van der Waals surface area contributed by atoms with Crippen molar-refractivity contribution in [3.63, 3.8) is 0 Å². The molecule has 2 rings (SSSR count). The van der Waals surface area contributed by atoms with E-state index in [1.54, 1.807) is 0 Å². The summed E-state index contributed by atoms with van der Waals surface area (Å²) in [5.74, 6) is -0.0166. The average molecular weight is 342 g/mol. The highest BCUT2D eigenvalue weighted by Crippen LogP contribution is 2.27. The number of hydrogen-bond acceptors (Lipinski definition) is 4. The fraction of sp³-hybridized carbons (Fsp3) is 0.538. The quantitative estimate of drug-likeness (QED) is 0.676. The summed E-state index contributed by atoms with van der Waals surface area (Å²) in [4.78, 5) is 26.5. The second-order valence-electron chi connectivity index (χ2n) is 5.11. The van der Waals surface area contributed by atoms with Gasteiger partial charge in [0.25, 0.3) is 5.91 Å². The highest BCUT2D eigenvalue weighted by molar-refractivity contribution is 9.10. The van der Waals surface area contributed by atoms with Crippen LogP contribution >= 0.6 is 15.9 Å². The zero-order valence-electron chi connectivity index (χ0n) is 11.1. The van der Waals surface area contributed by atoms with Crippen molar-refractivity contribution in [2.24, 2.45) is 5.92 Å². The number of carbonyl (C=O) groups excluding carboxylic acids is 1. The van der Waals surface area contributed by atoms with Gasteiger partial charge in [-0.3, -0.25) is 19.9 Å². The Morgan fingerprint density at radius 2 is 2.15 bits per heavy atom. The molecule has 0 spiro atoms. The third-order valence-corrected chi connectivity index (χ3v) is 4.33. The molecule has 6 nitrogen and oxygen atoms in total. The third kappa shape index (κ3) is 3.15. The van der Waals surface area contributed by atoms with E-state index in [-0.39, 0.29) is 17.3 Å². The van der Waals surface area contributed by atoms with Crippen LogP contribution in [0.1, 0.15) is 43.0 Å². The molecule has 1 aromatic heterocycles. The predicted octanol–water partition coefficient (Wildman–Crippen LogP) is 3.06. The van der Waals surface area contributed by atoms with Gasteiger partial charge in [-0.15, -0.1) is 0 Å². The second kappa shape index (κ2) is 6.30. The van der Waals surface area contributed by atoms with Crippen molar-refractivity contribution in [1.29, 1.82) is 0 Å². The Morgan fingerprint density at radius 1 is 1.45 bits per heavy atom. The molecule has 108 valence electrons. The van der Waals surface area contributed by atoms with E-state index in [0.717, 1.165) is 25.5 Å². The van der Waals surface area contributed by atoms with Crippen LogP contribution in [0.2, 0.25) is 0 Å². The summed E-state index contributed by atoms with van der Waals surface area (Å²) in [7, 11) is 0. The fourth-order valence-corrected chi connectivity index (χ4v) is 3.06. The first-order chi connectivity index (χ1) is 9.50. The average Bonchev–Trinajstić information content (AvgIpc) is 2.40. The Balaban J connectivity index is 2.23. The van der Waals surface area contributed by atoms with Gasteiger partial charge in [0.2, 0.25) is 0 Å². The predicted molar refractivity (Wildman–Crippen MR) is 77.5 cm³/mol. The van der Waals surface area contributed by atoms with Gasteiger partial charge in [0.1, 0.15) is 11.8 Å². The van der Waals surface area contributed by atoms with Crippen molar-refractivity contribution < 1.29 is 9.72 Å². The van der Waals surface area contributed by atoms with Crippen molar-refractivity contribution in [2.75, 3.05) is 0 Å². The lowest BCUT2D eigenvalue weighted by molar-refractivity contribution is -0.385. The number of nitrogens with zero attached hydrogens (tertiary/aromatic N) is 2. The van der Waals surface area contributed by atoms with E-state index in [1.165, 1.54) is 12.6 Å². The molecule has 1 N–H and O–H groups in total. The third-order valence-electron chi connectivity index (χ3n) is 3.73. The maximum Gasteiger partial charge on any atom is 0.301 e. The van der Waals surface area contributed by atoms with Gasteiger partial charge in [-0.25, -0.2) is 0 Å². The molecule has 0 bridgehead atoms. The first-order valence-electron chi connectivity index (χ1n) is 6.59. The number of rotatable bonds is 3. The summed E-state index contributed by atoms with van der Waals surface area (Å²) in [6, 6.07) is 0.0796.